The molecule has 0 unspecified atom stereocenters. The third kappa shape index (κ3) is 3.15. The van der Waals surface area contributed by atoms with E-state index < -0.39 is 5.97 Å². The molecule has 0 amide bonds. The zero-order chi connectivity index (χ0) is 15.6. The second-order valence-corrected chi connectivity index (χ2v) is 5.41. The molecule has 0 fully saturated rings. The van der Waals surface area contributed by atoms with E-state index in [9.17, 15) is 4.79 Å². The molecule has 1 aromatic heterocycles. The number of carboxylic acid groups (broad SMARTS) is 1. The van der Waals surface area contributed by atoms with Gasteiger partial charge in [-0.1, -0.05) is 19.9 Å². The second-order valence-electron chi connectivity index (χ2n) is 5.41. The average Bonchev–Trinajstić information content (AvgIpc) is 2.74. The van der Waals surface area contributed by atoms with Crippen molar-refractivity contribution in [3.63, 3.8) is 0 Å². The summed E-state index contributed by atoms with van der Waals surface area (Å²) in [6, 6.07) is 6.30. The van der Waals surface area contributed by atoms with Crippen molar-refractivity contribution in [2.24, 2.45) is 0 Å². The Bertz CT molecular complexity index is 651. The number of benzene rings is 1. The van der Waals surface area contributed by atoms with Gasteiger partial charge in [0.05, 0.1) is 17.8 Å². The molecular formula is C17H22N2O2. The lowest BCUT2D eigenvalue weighted by Crippen LogP contribution is -2.06. The normalized spacial score (nSPS) is 10.9. The van der Waals surface area contributed by atoms with Crippen molar-refractivity contribution in [3.05, 3.63) is 46.3 Å². The Labute approximate surface area is 125 Å². The summed E-state index contributed by atoms with van der Waals surface area (Å²) in [5.41, 5.74) is 6.12. The molecule has 0 spiro atoms. The maximum atomic E-state index is 11.1. The number of nitrogens with zero attached hydrogens (tertiary/aromatic N) is 2. The van der Waals surface area contributed by atoms with Crippen LogP contribution in [0, 0.1) is 13.8 Å². The Morgan fingerprint density at radius 1 is 1.14 bits per heavy atom. The molecule has 0 aliphatic heterocycles. The van der Waals surface area contributed by atoms with Crippen LogP contribution in [0.25, 0.3) is 5.69 Å². The van der Waals surface area contributed by atoms with Gasteiger partial charge in [0.2, 0.25) is 0 Å². The summed E-state index contributed by atoms with van der Waals surface area (Å²) in [6.45, 7) is 8.18. The van der Waals surface area contributed by atoms with Crippen LogP contribution >= 0.6 is 0 Å². The number of carboxylic acids is 1. The lowest BCUT2D eigenvalue weighted by molar-refractivity contribution is -0.136. The van der Waals surface area contributed by atoms with Gasteiger partial charge in [-0.2, -0.15) is 5.10 Å². The molecule has 112 valence electrons. The number of aryl methyl sites for hydroxylation is 3. The number of hydrogen-bond donors (Lipinski definition) is 1. The minimum Gasteiger partial charge on any atom is -0.481 e. The number of aliphatic carboxylic acids is 1. The molecule has 2 rings (SSSR count). The fourth-order valence-corrected chi connectivity index (χ4v) is 2.82. The van der Waals surface area contributed by atoms with Crippen molar-refractivity contribution in [1.29, 1.82) is 0 Å². The molecule has 1 aromatic carbocycles. The molecule has 0 radical (unpaired) electrons. The summed E-state index contributed by atoms with van der Waals surface area (Å²) in [4.78, 5) is 11.1. The molecule has 0 saturated heterocycles. The van der Waals surface area contributed by atoms with Crippen molar-refractivity contribution in [3.8, 4) is 5.69 Å². The van der Waals surface area contributed by atoms with Crippen molar-refractivity contribution in [2.45, 2.75) is 47.0 Å². The maximum Gasteiger partial charge on any atom is 0.307 e. The van der Waals surface area contributed by atoms with E-state index in [1.54, 1.807) is 0 Å². The highest BCUT2D eigenvalue weighted by atomic mass is 16.4. The highest BCUT2D eigenvalue weighted by molar-refractivity contribution is 5.71. The smallest absolute Gasteiger partial charge is 0.307 e. The number of aromatic nitrogens is 2. The van der Waals surface area contributed by atoms with Gasteiger partial charge in [0.15, 0.2) is 0 Å². The molecule has 0 atom stereocenters. The summed E-state index contributed by atoms with van der Waals surface area (Å²) < 4.78 is 1.91. The van der Waals surface area contributed by atoms with E-state index >= 15 is 0 Å². The lowest BCUT2D eigenvalue weighted by Gasteiger charge is -2.09. The van der Waals surface area contributed by atoms with Crippen LogP contribution in [0.5, 0.6) is 0 Å². The fourth-order valence-electron chi connectivity index (χ4n) is 2.82. The van der Waals surface area contributed by atoms with Crippen LogP contribution in [-0.4, -0.2) is 20.9 Å². The van der Waals surface area contributed by atoms with Crippen molar-refractivity contribution in [2.75, 3.05) is 0 Å². The van der Waals surface area contributed by atoms with E-state index in [4.69, 9.17) is 5.11 Å². The van der Waals surface area contributed by atoms with E-state index in [1.165, 1.54) is 11.1 Å². The standard InChI is InChI=1S/C17H22N2O2/c1-5-15-14(10-17(20)21)16(6-2)19(18-15)13-8-11(3)7-12(4)9-13/h7-9H,5-6,10H2,1-4H3,(H,20,21). The summed E-state index contributed by atoms with van der Waals surface area (Å²) >= 11 is 0. The number of hydrogen-bond acceptors (Lipinski definition) is 2. The zero-order valence-corrected chi connectivity index (χ0v) is 13.1. The maximum absolute atomic E-state index is 11.1. The van der Waals surface area contributed by atoms with E-state index in [0.717, 1.165) is 35.5 Å². The van der Waals surface area contributed by atoms with Crippen LogP contribution in [0.4, 0.5) is 0 Å². The number of rotatable bonds is 5. The van der Waals surface area contributed by atoms with Crippen molar-refractivity contribution < 1.29 is 9.90 Å². The van der Waals surface area contributed by atoms with Gasteiger partial charge in [-0.15, -0.1) is 0 Å². The molecule has 4 nitrogen and oxygen atoms in total. The molecule has 0 bridgehead atoms. The van der Waals surface area contributed by atoms with Crippen molar-refractivity contribution >= 4 is 5.97 Å². The monoisotopic (exact) mass is 286 g/mol. The summed E-state index contributed by atoms with van der Waals surface area (Å²) in [5, 5.41) is 13.8. The fraction of sp³-hybridized carbons (Fsp3) is 0.412. The highest BCUT2D eigenvalue weighted by Gasteiger charge is 2.18. The third-order valence-electron chi connectivity index (χ3n) is 3.62. The average molecular weight is 286 g/mol. The minimum atomic E-state index is -0.806. The van der Waals surface area contributed by atoms with Gasteiger partial charge in [-0.25, -0.2) is 4.68 Å². The van der Waals surface area contributed by atoms with E-state index in [-0.39, 0.29) is 6.42 Å². The van der Waals surface area contributed by atoms with E-state index in [1.807, 2.05) is 18.5 Å². The Hall–Kier alpha value is -2.10. The SMILES string of the molecule is CCc1nn(-c2cc(C)cc(C)c2)c(CC)c1CC(=O)O. The first-order valence-electron chi connectivity index (χ1n) is 7.36. The summed E-state index contributed by atoms with van der Waals surface area (Å²) in [5.74, 6) is -0.806. The van der Waals surface area contributed by atoms with Crippen LogP contribution < -0.4 is 0 Å². The van der Waals surface area contributed by atoms with Crippen LogP contribution in [0.3, 0.4) is 0 Å². The topological polar surface area (TPSA) is 55.1 Å². The second kappa shape index (κ2) is 6.12. The Balaban J connectivity index is 2.62. The zero-order valence-electron chi connectivity index (χ0n) is 13.1. The Morgan fingerprint density at radius 3 is 2.24 bits per heavy atom. The van der Waals surface area contributed by atoms with E-state index in [0.29, 0.717) is 0 Å². The molecular weight excluding hydrogens is 264 g/mol. The Morgan fingerprint density at radius 2 is 1.76 bits per heavy atom. The summed E-state index contributed by atoms with van der Waals surface area (Å²) in [7, 11) is 0. The van der Waals surface area contributed by atoms with Gasteiger partial charge in [-0.05, 0) is 49.9 Å². The number of carbonyl (C=O) groups is 1. The molecule has 1 heterocycles. The third-order valence-corrected chi connectivity index (χ3v) is 3.62. The molecule has 4 heteroatoms. The first kappa shape index (κ1) is 15.3. The predicted molar refractivity (Wildman–Crippen MR) is 83.1 cm³/mol. The largest absolute Gasteiger partial charge is 0.481 e. The van der Waals surface area contributed by atoms with Gasteiger partial charge in [0.1, 0.15) is 0 Å². The van der Waals surface area contributed by atoms with Gasteiger partial charge in [-0.3, -0.25) is 4.79 Å². The first-order valence-corrected chi connectivity index (χ1v) is 7.36. The Kier molecular flexibility index (Phi) is 4.46. The van der Waals surface area contributed by atoms with Gasteiger partial charge in [0, 0.05) is 11.3 Å². The molecule has 1 N–H and O–H groups in total. The van der Waals surface area contributed by atoms with E-state index in [2.05, 4.69) is 37.1 Å². The van der Waals surface area contributed by atoms with Gasteiger partial charge < -0.3 is 5.11 Å². The van der Waals surface area contributed by atoms with Crippen LogP contribution in [0.15, 0.2) is 18.2 Å². The molecule has 0 aliphatic carbocycles. The highest BCUT2D eigenvalue weighted by Crippen LogP contribution is 2.22. The molecule has 21 heavy (non-hydrogen) atoms. The van der Waals surface area contributed by atoms with Gasteiger partial charge in [0.25, 0.3) is 0 Å². The molecule has 0 saturated carbocycles. The van der Waals surface area contributed by atoms with Crippen LogP contribution in [0.1, 0.15) is 41.9 Å². The van der Waals surface area contributed by atoms with Crippen molar-refractivity contribution in [1.82, 2.24) is 9.78 Å². The quantitative estimate of drug-likeness (QED) is 0.918. The molecule has 2 aromatic rings. The summed E-state index contributed by atoms with van der Waals surface area (Å²) in [6.07, 6.45) is 1.55. The van der Waals surface area contributed by atoms with Gasteiger partial charge >= 0.3 is 5.97 Å². The lowest BCUT2D eigenvalue weighted by atomic mass is 10.1. The minimum absolute atomic E-state index is 0.0388. The van der Waals surface area contributed by atoms with Crippen LogP contribution in [-0.2, 0) is 24.1 Å². The first-order chi connectivity index (χ1) is 9.96. The van der Waals surface area contributed by atoms with Crippen LogP contribution in [0.2, 0.25) is 0 Å². The molecule has 0 aliphatic rings. The predicted octanol–water partition coefficient (Wildman–Crippen LogP) is 3.24.